The number of nitrogens with zero attached hydrogens (tertiary/aromatic N) is 2. The van der Waals surface area contributed by atoms with Crippen LogP contribution in [0.1, 0.15) is 22.8 Å². The van der Waals surface area contributed by atoms with E-state index >= 15 is 0 Å². The van der Waals surface area contributed by atoms with Gasteiger partial charge < -0.3 is 15.4 Å². The lowest BCUT2D eigenvalue weighted by Gasteiger charge is -2.09. The van der Waals surface area contributed by atoms with Gasteiger partial charge in [0.2, 0.25) is 0 Å². The van der Waals surface area contributed by atoms with Crippen LogP contribution in [-0.2, 0) is 0 Å². The fraction of sp³-hybridized carbons (Fsp3) is 0.115. The van der Waals surface area contributed by atoms with Gasteiger partial charge in [-0.1, -0.05) is 29.8 Å². The topological polar surface area (TPSA) is 76.1 Å². The Labute approximate surface area is 187 Å². The minimum Gasteiger partial charge on any atom is -0.494 e. The first-order valence-electron chi connectivity index (χ1n) is 10.4. The minimum absolute atomic E-state index is 0.176. The first-order chi connectivity index (χ1) is 15.6. The molecule has 2 N–H and O–H groups in total. The van der Waals surface area contributed by atoms with Crippen molar-refractivity contribution in [2.45, 2.75) is 13.8 Å². The van der Waals surface area contributed by atoms with Crippen molar-refractivity contribution in [1.29, 1.82) is 0 Å². The summed E-state index contributed by atoms with van der Waals surface area (Å²) in [5, 5.41) is 6.15. The molecule has 0 saturated heterocycles. The first kappa shape index (κ1) is 21.1. The number of ether oxygens (including phenoxy) is 1. The molecule has 0 fully saturated rings. The molecule has 6 heteroatoms. The van der Waals surface area contributed by atoms with Gasteiger partial charge in [0.05, 0.1) is 6.61 Å². The molecule has 0 aliphatic rings. The molecule has 160 valence electrons. The number of hydrogen-bond acceptors (Lipinski definition) is 5. The Morgan fingerprint density at radius 2 is 1.56 bits per heavy atom. The summed E-state index contributed by atoms with van der Waals surface area (Å²) in [5.41, 5.74) is 4.25. The molecular formula is C26H24N4O2. The van der Waals surface area contributed by atoms with Crippen LogP contribution in [0.3, 0.4) is 0 Å². The van der Waals surface area contributed by atoms with Crippen molar-refractivity contribution in [3.8, 4) is 17.1 Å². The molecule has 0 unspecified atom stereocenters. The van der Waals surface area contributed by atoms with E-state index in [0.29, 0.717) is 29.5 Å². The third kappa shape index (κ3) is 5.29. The number of carbonyl (C=O) groups excluding carboxylic acids is 1. The van der Waals surface area contributed by atoms with Crippen molar-refractivity contribution in [2.75, 3.05) is 17.2 Å². The molecule has 0 atom stereocenters. The highest BCUT2D eigenvalue weighted by Gasteiger charge is 2.08. The largest absolute Gasteiger partial charge is 0.494 e. The zero-order chi connectivity index (χ0) is 22.3. The molecular weight excluding hydrogens is 400 g/mol. The highest BCUT2D eigenvalue weighted by molar-refractivity contribution is 6.04. The molecule has 32 heavy (non-hydrogen) atoms. The van der Waals surface area contributed by atoms with Crippen molar-refractivity contribution >= 4 is 23.1 Å². The van der Waals surface area contributed by atoms with Crippen LogP contribution in [0.2, 0.25) is 0 Å². The van der Waals surface area contributed by atoms with Crippen LogP contribution in [0.5, 0.6) is 5.75 Å². The number of aryl methyl sites for hydroxylation is 1. The van der Waals surface area contributed by atoms with Gasteiger partial charge in [0.1, 0.15) is 11.6 Å². The summed E-state index contributed by atoms with van der Waals surface area (Å²) < 4.78 is 5.42. The predicted octanol–water partition coefficient (Wildman–Crippen LogP) is 5.85. The monoisotopic (exact) mass is 424 g/mol. The number of carbonyl (C=O) groups is 1. The number of amides is 1. The Morgan fingerprint density at radius 3 is 2.25 bits per heavy atom. The lowest BCUT2D eigenvalue weighted by atomic mass is 10.1. The lowest BCUT2D eigenvalue weighted by Crippen LogP contribution is -2.11. The van der Waals surface area contributed by atoms with E-state index < -0.39 is 0 Å². The minimum atomic E-state index is -0.176. The molecule has 0 aliphatic heterocycles. The smallest absolute Gasteiger partial charge is 0.255 e. The van der Waals surface area contributed by atoms with Gasteiger partial charge in [-0.3, -0.25) is 4.79 Å². The summed E-state index contributed by atoms with van der Waals surface area (Å²) in [6.45, 7) is 4.58. The molecule has 4 aromatic rings. The third-order valence-corrected chi connectivity index (χ3v) is 4.81. The molecule has 0 radical (unpaired) electrons. The zero-order valence-electron chi connectivity index (χ0n) is 18.0. The second-order valence-corrected chi connectivity index (χ2v) is 7.25. The zero-order valence-corrected chi connectivity index (χ0v) is 18.0. The normalized spacial score (nSPS) is 10.4. The van der Waals surface area contributed by atoms with E-state index in [1.165, 1.54) is 5.56 Å². The lowest BCUT2D eigenvalue weighted by molar-refractivity contribution is 0.102. The maximum atomic E-state index is 12.5. The van der Waals surface area contributed by atoms with E-state index in [-0.39, 0.29) is 5.91 Å². The van der Waals surface area contributed by atoms with Gasteiger partial charge in [0.15, 0.2) is 5.82 Å². The van der Waals surface area contributed by atoms with Gasteiger partial charge in [-0.2, -0.15) is 0 Å². The van der Waals surface area contributed by atoms with E-state index in [4.69, 9.17) is 4.74 Å². The number of aromatic nitrogens is 2. The van der Waals surface area contributed by atoms with E-state index in [2.05, 4.69) is 20.6 Å². The van der Waals surface area contributed by atoms with E-state index in [0.717, 1.165) is 17.0 Å². The SMILES string of the molecule is CCOc1ccc(NC(=O)c2ccc(Nc3ccnc(-c4ccc(C)cc4)n3)cc2)cc1. The van der Waals surface area contributed by atoms with Crippen LogP contribution in [0, 0.1) is 6.92 Å². The van der Waals surface area contributed by atoms with Crippen molar-refractivity contribution in [3.63, 3.8) is 0 Å². The maximum Gasteiger partial charge on any atom is 0.255 e. The standard InChI is InChI=1S/C26H24N4O2/c1-3-32-23-14-12-22(13-15-23)29-26(31)20-8-10-21(11-9-20)28-24-16-17-27-25(30-24)19-6-4-18(2)5-7-19/h4-17H,3H2,1-2H3,(H,29,31)(H,27,28,30). The van der Waals surface area contributed by atoms with E-state index in [1.807, 2.05) is 80.6 Å². The molecule has 0 bridgehead atoms. The van der Waals surface area contributed by atoms with Gasteiger partial charge in [-0.15, -0.1) is 0 Å². The summed E-state index contributed by atoms with van der Waals surface area (Å²) in [5.74, 6) is 1.93. The molecule has 4 rings (SSSR count). The highest BCUT2D eigenvalue weighted by Crippen LogP contribution is 2.21. The van der Waals surface area contributed by atoms with Crippen LogP contribution in [0.15, 0.2) is 85.1 Å². The van der Waals surface area contributed by atoms with Crippen molar-refractivity contribution < 1.29 is 9.53 Å². The summed E-state index contributed by atoms with van der Waals surface area (Å²) in [7, 11) is 0. The Kier molecular flexibility index (Phi) is 6.41. The van der Waals surface area contributed by atoms with E-state index in [9.17, 15) is 4.79 Å². The van der Waals surface area contributed by atoms with Gasteiger partial charge in [0, 0.05) is 28.7 Å². The van der Waals surface area contributed by atoms with Crippen LogP contribution in [0.25, 0.3) is 11.4 Å². The van der Waals surface area contributed by atoms with Crippen LogP contribution in [-0.4, -0.2) is 22.5 Å². The second kappa shape index (κ2) is 9.75. The first-order valence-corrected chi connectivity index (χ1v) is 10.4. The molecule has 3 aromatic carbocycles. The molecule has 0 saturated carbocycles. The Bertz CT molecular complexity index is 1190. The third-order valence-electron chi connectivity index (χ3n) is 4.81. The van der Waals surface area contributed by atoms with Gasteiger partial charge >= 0.3 is 0 Å². The summed E-state index contributed by atoms with van der Waals surface area (Å²) >= 11 is 0. The predicted molar refractivity (Wildman–Crippen MR) is 127 cm³/mol. The molecule has 6 nitrogen and oxygen atoms in total. The average Bonchev–Trinajstić information content (AvgIpc) is 2.82. The number of rotatable bonds is 7. The molecule has 1 heterocycles. The van der Waals surface area contributed by atoms with Crippen LogP contribution in [0.4, 0.5) is 17.2 Å². The summed E-state index contributed by atoms with van der Waals surface area (Å²) in [6, 6.07) is 24.4. The Balaban J connectivity index is 1.41. The summed E-state index contributed by atoms with van der Waals surface area (Å²) in [4.78, 5) is 21.5. The fourth-order valence-electron chi connectivity index (χ4n) is 3.13. The van der Waals surface area contributed by atoms with E-state index in [1.54, 1.807) is 18.3 Å². The molecule has 0 spiro atoms. The van der Waals surface area contributed by atoms with Gasteiger partial charge in [-0.25, -0.2) is 9.97 Å². The van der Waals surface area contributed by atoms with Crippen molar-refractivity contribution in [2.24, 2.45) is 0 Å². The number of hydrogen-bond donors (Lipinski definition) is 2. The van der Waals surface area contributed by atoms with Crippen molar-refractivity contribution in [1.82, 2.24) is 9.97 Å². The summed E-state index contributed by atoms with van der Waals surface area (Å²) in [6.07, 6.45) is 1.73. The van der Waals surface area contributed by atoms with Gasteiger partial charge in [-0.05, 0) is 68.4 Å². The average molecular weight is 425 g/mol. The number of anilines is 3. The molecule has 0 aliphatic carbocycles. The Morgan fingerprint density at radius 1 is 0.875 bits per heavy atom. The quantitative estimate of drug-likeness (QED) is 0.389. The van der Waals surface area contributed by atoms with Gasteiger partial charge in [0.25, 0.3) is 5.91 Å². The molecule has 1 aromatic heterocycles. The Hall–Kier alpha value is -4.19. The number of benzene rings is 3. The maximum absolute atomic E-state index is 12.5. The van der Waals surface area contributed by atoms with Crippen LogP contribution >= 0.6 is 0 Å². The van der Waals surface area contributed by atoms with Crippen molar-refractivity contribution in [3.05, 3.63) is 96.2 Å². The second-order valence-electron chi connectivity index (χ2n) is 7.25. The molecule has 1 amide bonds. The fourth-order valence-corrected chi connectivity index (χ4v) is 3.13. The van der Waals surface area contributed by atoms with Crippen LogP contribution < -0.4 is 15.4 Å². The number of nitrogens with one attached hydrogen (secondary N) is 2. The highest BCUT2D eigenvalue weighted by atomic mass is 16.5.